The third-order valence-corrected chi connectivity index (χ3v) is 5.66. The Hall–Kier alpha value is -2.38. The average Bonchev–Trinajstić information content (AvgIpc) is 2.72. The van der Waals surface area contributed by atoms with E-state index in [4.69, 9.17) is 9.47 Å². The van der Waals surface area contributed by atoms with E-state index in [1.807, 2.05) is 6.07 Å². The maximum atomic E-state index is 15.5. The van der Waals surface area contributed by atoms with E-state index in [9.17, 15) is 9.59 Å². The smallest absolute Gasteiger partial charge is 0.410 e. The number of benzene rings is 1. The third-order valence-electron chi connectivity index (χ3n) is 5.66. The highest BCUT2D eigenvalue weighted by Gasteiger charge is 2.64. The van der Waals surface area contributed by atoms with Crippen molar-refractivity contribution in [1.82, 2.24) is 10.2 Å². The van der Waals surface area contributed by atoms with Gasteiger partial charge in [0.2, 0.25) is 0 Å². The van der Waals surface area contributed by atoms with Crippen molar-refractivity contribution in [3.05, 3.63) is 35.9 Å². The molecule has 30 heavy (non-hydrogen) atoms. The summed E-state index contributed by atoms with van der Waals surface area (Å²) in [5.41, 5.74) is -1.86. The first kappa shape index (κ1) is 22.3. The van der Waals surface area contributed by atoms with Gasteiger partial charge in [0.05, 0.1) is 6.54 Å². The molecule has 1 aliphatic heterocycles. The van der Waals surface area contributed by atoms with Gasteiger partial charge in [-0.1, -0.05) is 43.2 Å². The Morgan fingerprint density at radius 2 is 1.90 bits per heavy atom. The summed E-state index contributed by atoms with van der Waals surface area (Å²) in [6.45, 7) is 4.76. The highest BCUT2D eigenvalue weighted by atomic mass is 19.3. The van der Waals surface area contributed by atoms with Crippen molar-refractivity contribution >= 4 is 12.2 Å². The van der Waals surface area contributed by atoms with E-state index in [-0.39, 0.29) is 32.5 Å². The maximum absolute atomic E-state index is 15.5. The minimum Gasteiger partial charge on any atom is -0.445 e. The largest absolute Gasteiger partial charge is 0.445 e. The Bertz CT molecular complexity index is 766. The molecular formula is C22H30F2N2O4. The minimum absolute atomic E-state index is 0.0203. The highest BCUT2D eigenvalue weighted by molar-refractivity contribution is 5.71. The molecule has 6 nitrogen and oxygen atoms in total. The molecule has 1 saturated heterocycles. The number of hydrogen-bond acceptors (Lipinski definition) is 4. The molecule has 1 N–H and O–H groups in total. The van der Waals surface area contributed by atoms with Gasteiger partial charge in [0, 0.05) is 12.5 Å². The van der Waals surface area contributed by atoms with E-state index in [0.29, 0.717) is 12.8 Å². The summed E-state index contributed by atoms with van der Waals surface area (Å²) in [6.07, 6.45) is -0.0534. The zero-order valence-corrected chi connectivity index (χ0v) is 17.7. The SMILES string of the molecule is CC(C)(C)OC(=O)N1CC2CCCCC(NC(=O)OCc3ccccc3)(C1)C2(F)F. The molecule has 2 aliphatic rings. The molecule has 166 valence electrons. The molecule has 0 aromatic heterocycles. The number of nitrogens with one attached hydrogen (secondary N) is 1. The van der Waals surface area contributed by atoms with Gasteiger partial charge in [-0.2, -0.15) is 0 Å². The molecule has 1 heterocycles. The number of nitrogens with zero attached hydrogens (tertiary/aromatic N) is 1. The van der Waals surface area contributed by atoms with E-state index in [1.165, 1.54) is 4.90 Å². The predicted octanol–water partition coefficient (Wildman–Crippen LogP) is 4.73. The van der Waals surface area contributed by atoms with Crippen LogP contribution in [0.25, 0.3) is 0 Å². The summed E-state index contributed by atoms with van der Waals surface area (Å²) in [4.78, 5) is 26.4. The lowest BCUT2D eigenvalue weighted by Crippen LogP contribution is -2.72. The molecule has 2 bridgehead atoms. The van der Waals surface area contributed by atoms with Crippen molar-refractivity contribution in [1.29, 1.82) is 0 Å². The number of piperidine rings is 1. The molecule has 3 rings (SSSR count). The second-order valence-electron chi connectivity index (χ2n) is 9.20. The number of carbonyl (C=O) groups excluding carboxylic acids is 2. The summed E-state index contributed by atoms with van der Waals surface area (Å²) < 4.78 is 41.6. The van der Waals surface area contributed by atoms with Gasteiger partial charge in [-0.05, 0) is 39.2 Å². The van der Waals surface area contributed by atoms with Crippen LogP contribution in [0.3, 0.4) is 0 Å². The first-order chi connectivity index (χ1) is 14.0. The molecule has 2 amide bonds. The van der Waals surface area contributed by atoms with Crippen molar-refractivity contribution in [2.24, 2.45) is 5.92 Å². The zero-order valence-electron chi connectivity index (χ0n) is 17.7. The number of fused-ring (bicyclic) bond motifs is 2. The van der Waals surface area contributed by atoms with Crippen molar-refractivity contribution in [3.8, 4) is 0 Å². The fourth-order valence-corrected chi connectivity index (χ4v) is 4.21. The number of rotatable bonds is 3. The van der Waals surface area contributed by atoms with Gasteiger partial charge >= 0.3 is 12.2 Å². The Balaban J connectivity index is 1.78. The first-order valence-corrected chi connectivity index (χ1v) is 10.4. The Morgan fingerprint density at radius 1 is 1.20 bits per heavy atom. The molecule has 8 heteroatoms. The first-order valence-electron chi connectivity index (χ1n) is 10.4. The molecule has 2 fully saturated rings. The molecule has 2 unspecified atom stereocenters. The van der Waals surface area contributed by atoms with Crippen LogP contribution in [0.2, 0.25) is 0 Å². The van der Waals surface area contributed by atoms with Gasteiger partial charge in [-0.3, -0.25) is 0 Å². The van der Waals surface area contributed by atoms with Crippen LogP contribution in [-0.4, -0.2) is 47.2 Å². The lowest BCUT2D eigenvalue weighted by atomic mass is 9.77. The van der Waals surface area contributed by atoms with Gasteiger partial charge < -0.3 is 19.7 Å². The van der Waals surface area contributed by atoms with Crippen molar-refractivity contribution < 1.29 is 27.8 Å². The van der Waals surface area contributed by atoms with Crippen molar-refractivity contribution in [2.45, 2.75) is 70.1 Å². The van der Waals surface area contributed by atoms with Crippen LogP contribution in [0.5, 0.6) is 0 Å². The van der Waals surface area contributed by atoms with Crippen LogP contribution >= 0.6 is 0 Å². The lowest BCUT2D eigenvalue weighted by Gasteiger charge is -2.50. The highest BCUT2D eigenvalue weighted by Crippen LogP contribution is 2.48. The average molecular weight is 424 g/mol. The summed E-state index contributed by atoms with van der Waals surface area (Å²) in [5, 5.41) is 2.45. The topological polar surface area (TPSA) is 67.9 Å². The second-order valence-corrected chi connectivity index (χ2v) is 9.20. The van der Waals surface area contributed by atoms with Gasteiger partial charge in [0.25, 0.3) is 5.92 Å². The number of ether oxygens (including phenoxy) is 2. The van der Waals surface area contributed by atoms with Gasteiger partial charge in [-0.25, -0.2) is 18.4 Å². The van der Waals surface area contributed by atoms with E-state index in [1.54, 1.807) is 45.0 Å². The monoisotopic (exact) mass is 424 g/mol. The van der Waals surface area contributed by atoms with Gasteiger partial charge in [-0.15, -0.1) is 0 Å². The quantitative estimate of drug-likeness (QED) is 0.762. The molecule has 1 aromatic rings. The van der Waals surface area contributed by atoms with Gasteiger partial charge in [0.15, 0.2) is 0 Å². The number of carbonyl (C=O) groups is 2. The Labute approximate surface area is 175 Å². The van der Waals surface area contributed by atoms with Crippen LogP contribution in [0, 0.1) is 5.92 Å². The van der Waals surface area contributed by atoms with Crippen LogP contribution in [0.4, 0.5) is 18.4 Å². The van der Waals surface area contributed by atoms with Crippen LogP contribution in [-0.2, 0) is 16.1 Å². The normalized spacial score (nSPS) is 25.8. The molecule has 0 radical (unpaired) electrons. The fourth-order valence-electron chi connectivity index (χ4n) is 4.21. The van der Waals surface area contributed by atoms with E-state index in [2.05, 4.69) is 5.32 Å². The van der Waals surface area contributed by atoms with Gasteiger partial charge in [0.1, 0.15) is 17.7 Å². The number of likely N-dealkylation sites (tertiary alicyclic amines) is 1. The Morgan fingerprint density at radius 3 is 2.57 bits per heavy atom. The summed E-state index contributed by atoms with van der Waals surface area (Å²) >= 11 is 0. The minimum atomic E-state index is -3.16. The van der Waals surface area contributed by atoms with E-state index in [0.717, 1.165) is 5.56 Å². The lowest BCUT2D eigenvalue weighted by molar-refractivity contribution is -0.168. The maximum Gasteiger partial charge on any atom is 0.410 e. The molecular weight excluding hydrogens is 394 g/mol. The standard InChI is InChI=1S/C22H30F2N2O4/c1-20(2,3)30-19(28)26-13-17-11-7-8-12-21(15-26,22(17,23)24)25-18(27)29-14-16-9-5-4-6-10-16/h4-6,9-10,17H,7-8,11-15H2,1-3H3,(H,25,27). The van der Waals surface area contributed by atoms with Crippen molar-refractivity contribution in [2.75, 3.05) is 13.1 Å². The molecule has 2 atom stereocenters. The molecule has 1 aliphatic carbocycles. The number of halogens is 2. The molecule has 0 spiro atoms. The number of hydrogen-bond donors (Lipinski definition) is 1. The van der Waals surface area contributed by atoms with Crippen LogP contribution in [0.1, 0.15) is 52.0 Å². The summed E-state index contributed by atoms with van der Waals surface area (Å²) in [7, 11) is 0. The summed E-state index contributed by atoms with van der Waals surface area (Å²) in [5.74, 6) is -4.20. The fraction of sp³-hybridized carbons (Fsp3) is 0.636. The predicted molar refractivity (Wildman–Crippen MR) is 107 cm³/mol. The second kappa shape index (κ2) is 8.40. The molecule has 1 saturated carbocycles. The number of amides is 2. The third kappa shape index (κ3) is 4.84. The summed E-state index contributed by atoms with van der Waals surface area (Å²) in [6, 6.07) is 9.01. The number of alkyl carbamates (subject to hydrolysis) is 1. The Kier molecular flexibility index (Phi) is 6.24. The molecule has 1 aromatic carbocycles. The van der Waals surface area contributed by atoms with E-state index < -0.39 is 35.2 Å². The van der Waals surface area contributed by atoms with E-state index >= 15 is 8.78 Å². The number of alkyl halides is 2. The van der Waals surface area contributed by atoms with Crippen molar-refractivity contribution in [3.63, 3.8) is 0 Å². The zero-order chi connectivity index (χ0) is 22.0. The van der Waals surface area contributed by atoms with Crippen LogP contribution < -0.4 is 5.32 Å². The van der Waals surface area contributed by atoms with Crippen LogP contribution in [0.15, 0.2) is 30.3 Å².